The summed E-state index contributed by atoms with van der Waals surface area (Å²) < 4.78 is 4.71. The zero-order valence-electron chi connectivity index (χ0n) is 15.1. The first-order valence-corrected chi connectivity index (χ1v) is 8.53. The molecule has 2 atom stereocenters. The molecular weight excluding hydrogens is 380 g/mol. The molecule has 1 saturated heterocycles. The number of nitro groups is 1. The number of anilines is 1. The van der Waals surface area contributed by atoms with Crippen molar-refractivity contribution in [1.29, 1.82) is 0 Å². The van der Waals surface area contributed by atoms with Crippen LogP contribution in [0.15, 0.2) is 59.7 Å². The monoisotopic (exact) mass is 394 g/mol. The number of nitrogens with one attached hydrogen (secondary N) is 1. The molecule has 2 aliphatic heterocycles. The highest BCUT2D eigenvalue weighted by atomic mass is 16.6. The number of benzene rings is 2. The topological polar surface area (TPSA) is 131 Å². The number of esters is 1. The van der Waals surface area contributed by atoms with Gasteiger partial charge in [0, 0.05) is 12.1 Å². The molecule has 0 bridgehead atoms. The molecule has 4 rings (SSSR count). The van der Waals surface area contributed by atoms with Gasteiger partial charge in [-0.3, -0.25) is 25.1 Å². The Bertz CT molecular complexity index is 1080. The van der Waals surface area contributed by atoms with Crippen LogP contribution in [-0.2, 0) is 24.7 Å². The molecule has 0 spiro atoms. The van der Waals surface area contributed by atoms with Crippen molar-refractivity contribution < 1.29 is 24.0 Å². The number of amides is 2. The van der Waals surface area contributed by atoms with E-state index in [1.807, 2.05) is 0 Å². The second-order valence-electron chi connectivity index (χ2n) is 6.46. The summed E-state index contributed by atoms with van der Waals surface area (Å²) in [6, 6.07) is 13.5. The van der Waals surface area contributed by atoms with Crippen LogP contribution >= 0.6 is 0 Å². The lowest BCUT2D eigenvalue weighted by molar-refractivity contribution is -0.385. The number of hydrazone groups is 1. The van der Waals surface area contributed by atoms with Gasteiger partial charge in [-0.2, -0.15) is 5.10 Å². The number of nitro benzene ring substituents is 1. The molecule has 0 radical (unpaired) electrons. The number of non-ortho nitro benzene ring substituents is 1. The number of imide groups is 1. The lowest BCUT2D eigenvalue weighted by atomic mass is 9.78. The molecule has 2 aromatic carbocycles. The van der Waals surface area contributed by atoms with E-state index >= 15 is 0 Å². The summed E-state index contributed by atoms with van der Waals surface area (Å²) in [4.78, 5) is 50.6. The summed E-state index contributed by atoms with van der Waals surface area (Å²) in [5.41, 5.74) is 0.755. The Hall–Kier alpha value is -4.08. The van der Waals surface area contributed by atoms with Crippen LogP contribution in [0.4, 0.5) is 11.4 Å². The molecule has 1 N–H and O–H groups in total. The minimum atomic E-state index is -1.79. The number of rotatable bonds is 4. The maximum atomic E-state index is 13.5. The van der Waals surface area contributed by atoms with Crippen molar-refractivity contribution in [2.75, 3.05) is 12.0 Å². The summed E-state index contributed by atoms with van der Waals surface area (Å²) in [5.74, 6) is -3.57. The molecule has 29 heavy (non-hydrogen) atoms. The van der Waals surface area contributed by atoms with Gasteiger partial charge in [0.25, 0.3) is 11.6 Å². The Labute approximate surface area is 163 Å². The number of hydrogen-bond acceptors (Lipinski definition) is 8. The summed E-state index contributed by atoms with van der Waals surface area (Å²) in [7, 11) is 1.13. The molecule has 2 aliphatic rings. The Balaban J connectivity index is 1.92. The highest BCUT2D eigenvalue weighted by Crippen LogP contribution is 2.45. The lowest BCUT2D eigenvalue weighted by Crippen LogP contribution is -2.48. The number of para-hydroxylation sites is 1. The molecule has 146 valence electrons. The minimum absolute atomic E-state index is 0.149. The molecule has 10 nitrogen and oxygen atoms in total. The second-order valence-corrected chi connectivity index (χ2v) is 6.46. The molecule has 0 aromatic heterocycles. The highest BCUT2D eigenvalue weighted by molar-refractivity contribution is 6.47. The van der Waals surface area contributed by atoms with Gasteiger partial charge in [-0.05, 0) is 17.7 Å². The van der Waals surface area contributed by atoms with Crippen LogP contribution < -0.4 is 10.3 Å². The van der Waals surface area contributed by atoms with E-state index in [1.165, 1.54) is 24.3 Å². The van der Waals surface area contributed by atoms with Crippen molar-refractivity contribution in [3.8, 4) is 0 Å². The van der Waals surface area contributed by atoms with E-state index in [-0.39, 0.29) is 17.0 Å². The third-order valence-corrected chi connectivity index (χ3v) is 4.99. The first kappa shape index (κ1) is 18.3. The van der Waals surface area contributed by atoms with Gasteiger partial charge in [0.05, 0.1) is 17.7 Å². The van der Waals surface area contributed by atoms with Gasteiger partial charge < -0.3 is 4.74 Å². The first-order chi connectivity index (χ1) is 13.9. The summed E-state index contributed by atoms with van der Waals surface area (Å²) in [6.07, 6.45) is 0. The zero-order chi connectivity index (χ0) is 20.8. The fourth-order valence-corrected chi connectivity index (χ4v) is 3.67. The number of nitrogens with zero attached hydrogens (tertiary/aromatic N) is 3. The quantitative estimate of drug-likeness (QED) is 0.356. The van der Waals surface area contributed by atoms with Crippen molar-refractivity contribution in [3.63, 3.8) is 0 Å². The smallest absolute Gasteiger partial charge is 0.355 e. The first-order valence-electron chi connectivity index (χ1n) is 8.53. The molecule has 2 amide bonds. The Kier molecular flexibility index (Phi) is 4.11. The molecule has 0 aliphatic carbocycles. The van der Waals surface area contributed by atoms with Gasteiger partial charge in [-0.15, -0.1) is 0 Å². The molecule has 1 fully saturated rings. The van der Waals surface area contributed by atoms with Gasteiger partial charge in [-0.25, -0.2) is 9.69 Å². The average molecular weight is 394 g/mol. The van der Waals surface area contributed by atoms with Crippen LogP contribution in [0, 0.1) is 16.0 Å². The van der Waals surface area contributed by atoms with Crippen molar-refractivity contribution in [3.05, 3.63) is 70.3 Å². The van der Waals surface area contributed by atoms with Crippen LogP contribution in [0.25, 0.3) is 0 Å². The normalized spacial score (nSPS) is 22.7. The van der Waals surface area contributed by atoms with E-state index in [4.69, 9.17) is 4.74 Å². The Morgan fingerprint density at radius 3 is 2.59 bits per heavy atom. The van der Waals surface area contributed by atoms with E-state index < -0.39 is 34.2 Å². The van der Waals surface area contributed by atoms with Crippen LogP contribution in [0.3, 0.4) is 0 Å². The van der Waals surface area contributed by atoms with Crippen LogP contribution in [0.2, 0.25) is 0 Å². The summed E-state index contributed by atoms with van der Waals surface area (Å²) >= 11 is 0. The number of methoxy groups -OCH3 is 1. The van der Waals surface area contributed by atoms with Crippen LogP contribution in [-0.4, -0.2) is 35.5 Å². The van der Waals surface area contributed by atoms with E-state index in [1.54, 1.807) is 30.3 Å². The average Bonchev–Trinajstić information content (AvgIpc) is 3.24. The predicted octanol–water partition coefficient (Wildman–Crippen LogP) is 1.11. The molecular formula is C19H14N4O6. The summed E-state index contributed by atoms with van der Waals surface area (Å²) in [6.45, 7) is 0. The van der Waals surface area contributed by atoms with Crippen molar-refractivity contribution in [2.45, 2.75) is 5.54 Å². The second kappa shape index (κ2) is 6.51. The highest BCUT2D eigenvalue weighted by Gasteiger charge is 2.67. The van der Waals surface area contributed by atoms with E-state index in [2.05, 4.69) is 10.5 Å². The Morgan fingerprint density at radius 2 is 1.93 bits per heavy atom. The number of carbonyl (C=O) groups excluding carboxylic acids is 3. The molecule has 10 heteroatoms. The van der Waals surface area contributed by atoms with E-state index in [0.29, 0.717) is 5.69 Å². The zero-order valence-corrected chi connectivity index (χ0v) is 15.1. The maximum Gasteiger partial charge on any atom is 0.355 e. The van der Waals surface area contributed by atoms with E-state index in [9.17, 15) is 24.5 Å². The minimum Gasteiger partial charge on any atom is -0.464 e. The van der Waals surface area contributed by atoms with E-state index in [0.717, 1.165) is 12.0 Å². The lowest BCUT2D eigenvalue weighted by Gasteiger charge is -2.26. The summed E-state index contributed by atoms with van der Waals surface area (Å²) in [5, 5.41) is 15.1. The fourth-order valence-electron chi connectivity index (χ4n) is 3.67. The van der Waals surface area contributed by atoms with Crippen LogP contribution in [0.5, 0.6) is 0 Å². The SMILES string of the molecule is COC(=O)C1=NNC2(c3cccc([N+](=O)[O-])c3)C(=O)N(c3ccccc3)C(=O)C12. The molecule has 2 heterocycles. The fraction of sp³-hybridized carbons (Fsp3) is 0.158. The number of fused-ring (bicyclic) bond motifs is 1. The number of hydrogen-bond donors (Lipinski definition) is 1. The molecule has 0 saturated carbocycles. The number of carbonyl (C=O) groups is 3. The predicted molar refractivity (Wildman–Crippen MR) is 99.8 cm³/mol. The van der Waals surface area contributed by atoms with Crippen molar-refractivity contribution in [1.82, 2.24) is 5.43 Å². The van der Waals surface area contributed by atoms with Gasteiger partial charge in [0.15, 0.2) is 11.3 Å². The third-order valence-electron chi connectivity index (χ3n) is 4.99. The van der Waals surface area contributed by atoms with Gasteiger partial charge in [0.2, 0.25) is 5.91 Å². The van der Waals surface area contributed by atoms with Crippen molar-refractivity contribution in [2.24, 2.45) is 11.0 Å². The number of ether oxygens (including phenoxy) is 1. The van der Waals surface area contributed by atoms with Crippen molar-refractivity contribution >= 4 is 34.9 Å². The van der Waals surface area contributed by atoms with Gasteiger partial charge in [-0.1, -0.05) is 30.3 Å². The molecule has 2 unspecified atom stereocenters. The standard InChI is InChI=1S/C19H14N4O6/c1-29-17(25)15-14-16(24)22(12-7-3-2-4-8-12)18(26)19(14,21-20-15)11-6-5-9-13(10-11)23(27)28/h2-10,14,21H,1H3. The maximum absolute atomic E-state index is 13.5. The van der Waals surface area contributed by atoms with Gasteiger partial charge in [0.1, 0.15) is 5.92 Å². The largest absolute Gasteiger partial charge is 0.464 e. The van der Waals surface area contributed by atoms with Gasteiger partial charge >= 0.3 is 5.97 Å². The molecule has 2 aromatic rings. The Morgan fingerprint density at radius 1 is 1.21 bits per heavy atom. The third kappa shape index (κ3) is 2.49. The van der Waals surface area contributed by atoms with Crippen LogP contribution in [0.1, 0.15) is 5.56 Å².